The van der Waals surface area contributed by atoms with E-state index in [2.05, 4.69) is 14.9 Å². The van der Waals surface area contributed by atoms with Crippen molar-refractivity contribution in [1.29, 1.82) is 0 Å². The predicted molar refractivity (Wildman–Crippen MR) is 124 cm³/mol. The van der Waals surface area contributed by atoms with E-state index in [-0.39, 0.29) is 10.3 Å². The molecule has 0 saturated carbocycles. The number of nitrogens with zero attached hydrogens (tertiary/aromatic N) is 1. The minimum atomic E-state index is -3.98. The molecule has 32 heavy (non-hydrogen) atoms. The van der Waals surface area contributed by atoms with Gasteiger partial charge in [0.2, 0.25) is 15.9 Å². The summed E-state index contributed by atoms with van der Waals surface area (Å²) in [6, 6.07) is 12.4. The molecule has 0 unspecified atom stereocenters. The maximum absolute atomic E-state index is 12.7. The molecule has 0 aromatic heterocycles. The van der Waals surface area contributed by atoms with E-state index in [9.17, 15) is 18.3 Å². The Morgan fingerprint density at radius 3 is 2.19 bits per heavy atom. The zero-order chi connectivity index (χ0) is 23.4. The maximum Gasteiger partial charge on any atom is 0.244 e. The molecule has 2 aromatic rings. The molecule has 3 N–H and O–H groups in total. The molecule has 1 saturated heterocycles. The van der Waals surface area contributed by atoms with Gasteiger partial charge >= 0.3 is 0 Å². The third kappa shape index (κ3) is 6.07. The van der Waals surface area contributed by atoms with Gasteiger partial charge in [0, 0.05) is 24.5 Å². The van der Waals surface area contributed by atoms with Crippen molar-refractivity contribution in [2.24, 2.45) is 0 Å². The van der Waals surface area contributed by atoms with Crippen molar-refractivity contribution < 1.29 is 23.1 Å². The molecule has 1 heterocycles. The first-order valence-electron chi connectivity index (χ1n) is 10.6. The molecular weight excluding hydrogens is 430 g/mol. The van der Waals surface area contributed by atoms with Gasteiger partial charge in [-0.3, -0.25) is 4.79 Å². The number of aliphatic hydroxyl groups excluding tert-OH is 1. The van der Waals surface area contributed by atoms with Gasteiger partial charge in [-0.05, 0) is 47.4 Å². The highest BCUT2D eigenvalue weighted by molar-refractivity contribution is 7.89. The summed E-state index contributed by atoms with van der Waals surface area (Å²) in [5.74, 6) is -0.637. The van der Waals surface area contributed by atoms with Crippen LogP contribution in [0.15, 0.2) is 53.4 Å². The third-order valence-electron chi connectivity index (χ3n) is 5.34. The third-order valence-corrected chi connectivity index (χ3v) is 6.83. The number of ether oxygens (including phenoxy) is 1. The highest BCUT2D eigenvalue weighted by atomic mass is 32.2. The second-order valence-corrected chi connectivity index (χ2v) is 10.5. The van der Waals surface area contributed by atoms with E-state index in [4.69, 9.17) is 4.74 Å². The standard InChI is InChI=1S/C23H31N3O5S/c1-23(2,3)17-4-10-20(11-5-17)32(29,30)25-21(16-27)22(28)24-18-6-8-19(9-7-18)26-12-14-31-15-13-26/h4-11,21,25,27H,12-16H2,1-3H3,(H,24,28)/t21-/m0/s1. The number of amides is 1. The van der Waals surface area contributed by atoms with Crippen molar-refractivity contribution in [2.75, 3.05) is 43.1 Å². The van der Waals surface area contributed by atoms with Gasteiger partial charge in [-0.2, -0.15) is 4.72 Å². The molecule has 1 atom stereocenters. The molecular formula is C23H31N3O5S. The Morgan fingerprint density at radius 1 is 1.06 bits per heavy atom. The van der Waals surface area contributed by atoms with Crippen LogP contribution in [0.3, 0.4) is 0 Å². The Hall–Kier alpha value is -2.46. The van der Waals surface area contributed by atoms with Crippen LogP contribution in [0.25, 0.3) is 0 Å². The van der Waals surface area contributed by atoms with Gasteiger partial charge in [0.1, 0.15) is 6.04 Å². The number of rotatable bonds is 7. The summed E-state index contributed by atoms with van der Waals surface area (Å²) in [6.45, 7) is 8.40. The van der Waals surface area contributed by atoms with Gasteiger partial charge in [0.25, 0.3) is 0 Å². The van der Waals surface area contributed by atoms with Crippen LogP contribution in [-0.2, 0) is 25.0 Å². The molecule has 8 nitrogen and oxygen atoms in total. The summed E-state index contributed by atoms with van der Waals surface area (Å²) in [5.41, 5.74) is 2.41. The van der Waals surface area contributed by atoms with Gasteiger partial charge in [-0.15, -0.1) is 0 Å². The number of nitrogens with one attached hydrogen (secondary N) is 2. The SMILES string of the molecule is CC(C)(C)c1ccc(S(=O)(=O)N[C@@H](CO)C(=O)Nc2ccc(N3CCOCC3)cc2)cc1. The van der Waals surface area contributed by atoms with Gasteiger partial charge in [-0.25, -0.2) is 8.42 Å². The lowest BCUT2D eigenvalue weighted by Crippen LogP contribution is -2.46. The minimum Gasteiger partial charge on any atom is -0.394 e. The van der Waals surface area contributed by atoms with Crippen molar-refractivity contribution >= 4 is 27.3 Å². The Bertz CT molecular complexity index is 1010. The molecule has 0 bridgehead atoms. The highest BCUT2D eigenvalue weighted by Gasteiger charge is 2.26. The lowest BCUT2D eigenvalue weighted by atomic mass is 9.87. The fourth-order valence-electron chi connectivity index (χ4n) is 3.37. The van der Waals surface area contributed by atoms with Gasteiger partial charge < -0.3 is 20.1 Å². The monoisotopic (exact) mass is 461 g/mol. The number of hydrogen-bond acceptors (Lipinski definition) is 6. The average Bonchev–Trinajstić information content (AvgIpc) is 2.78. The number of carbonyl (C=O) groups excluding carboxylic acids is 1. The van der Waals surface area contributed by atoms with Crippen LogP contribution in [0.2, 0.25) is 0 Å². The van der Waals surface area contributed by atoms with Crippen LogP contribution < -0.4 is 14.9 Å². The number of anilines is 2. The lowest BCUT2D eigenvalue weighted by molar-refractivity contribution is -0.118. The summed E-state index contributed by atoms with van der Waals surface area (Å²) in [6.07, 6.45) is 0. The topological polar surface area (TPSA) is 108 Å². The fourth-order valence-corrected chi connectivity index (χ4v) is 4.56. The number of carbonyl (C=O) groups is 1. The first-order valence-corrected chi connectivity index (χ1v) is 12.1. The van der Waals surface area contributed by atoms with Crippen LogP contribution in [0.1, 0.15) is 26.3 Å². The van der Waals surface area contributed by atoms with Crippen molar-refractivity contribution in [1.82, 2.24) is 4.72 Å². The molecule has 1 amide bonds. The largest absolute Gasteiger partial charge is 0.394 e. The average molecular weight is 462 g/mol. The van der Waals surface area contributed by atoms with E-state index in [0.29, 0.717) is 18.9 Å². The van der Waals surface area contributed by atoms with E-state index >= 15 is 0 Å². The summed E-state index contributed by atoms with van der Waals surface area (Å²) in [5, 5.41) is 12.3. The highest BCUT2D eigenvalue weighted by Crippen LogP contribution is 2.23. The molecule has 0 aliphatic carbocycles. The second kappa shape index (κ2) is 9.99. The van der Waals surface area contributed by atoms with Crippen LogP contribution in [0, 0.1) is 0 Å². The molecule has 3 rings (SSSR count). The predicted octanol–water partition coefficient (Wildman–Crippen LogP) is 2.10. The number of hydrogen-bond donors (Lipinski definition) is 3. The molecule has 0 radical (unpaired) electrons. The van der Waals surface area contributed by atoms with Gasteiger partial charge in [0.05, 0.1) is 24.7 Å². The van der Waals surface area contributed by atoms with E-state index in [1.54, 1.807) is 24.3 Å². The number of benzene rings is 2. The fraction of sp³-hybridized carbons (Fsp3) is 0.435. The van der Waals surface area contributed by atoms with E-state index in [1.807, 2.05) is 32.9 Å². The van der Waals surface area contributed by atoms with Crippen molar-refractivity contribution in [3.05, 3.63) is 54.1 Å². The quantitative estimate of drug-likeness (QED) is 0.583. The van der Waals surface area contributed by atoms with Crippen molar-refractivity contribution in [3.8, 4) is 0 Å². The molecule has 0 spiro atoms. The lowest BCUT2D eigenvalue weighted by Gasteiger charge is -2.29. The first kappa shape index (κ1) is 24.2. The Morgan fingerprint density at radius 2 is 1.66 bits per heavy atom. The molecule has 174 valence electrons. The smallest absolute Gasteiger partial charge is 0.244 e. The molecule has 1 fully saturated rings. The second-order valence-electron chi connectivity index (χ2n) is 8.77. The summed E-state index contributed by atoms with van der Waals surface area (Å²) >= 11 is 0. The Kier molecular flexibility index (Phi) is 7.55. The molecule has 9 heteroatoms. The number of morpholine rings is 1. The van der Waals surface area contributed by atoms with Gasteiger partial charge in [0.15, 0.2) is 0 Å². The molecule has 2 aromatic carbocycles. The van der Waals surface area contributed by atoms with E-state index < -0.39 is 28.6 Å². The number of aliphatic hydroxyl groups is 1. The van der Waals surface area contributed by atoms with Crippen molar-refractivity contribution in [2.45, 2.75) is 37.1 Å². The van der Waals surface area contributed by atoms with Gasteiger partial charge in [-0.1, -0.05) is 32.9 Å². The summed E-state index contributed by atoms with van der Waals surface area (Å²) < 4.78 is 33.1. The van der Waals surface area contributed by atoms with Crippen LogP contribution in [0.5, 0.6) is 0 Å². The van der Waals surface area contributed by atoms with E-state index in [1.165, 1.54) is 12.1 Å². The van der Waals surface area contributed by atoms with E-state index in [0.717, 1.165) is 24.3 Å². The van der Waals surface area contributed by atoms with Crippen molar-refractivity contribution in [3.63, 3.8) is 0 Å². The maximum atomic E-state index is 12.7. The zero-order valence-electron chi connectivity index (χ0n) is 18.7. The molecule has 1 aliphatic heterocycles. The Labute approximate surface area is 189 Å². The Balaban J connectivity index is 1.65. The number of sulfonamides is 1. The minimum absolute atomic E-state index is 0.0339. The first-order chi connectivity index (χ1) is 15.1. The normalized spacial score (nSPS) is 15.9. The van der Waals surface area contributed by atoms with Crippen LogP contribution in [0.4, 0.5) is 11.4 Å². The molecule has 1 aliphatic rings. The summed E-state index contributed by atoms with van der Waals surface area (Å²) in [7, 11) is -3.98. The van der Waals surface area contributed by atoms with Crippen LogP contribution >= 0.6 is 0 Å². The zero-order valence-corrected chi connectivity index (χ0v) is 19.5. The summed E-state index contributed by atoms with van der Waals surface area (Å²) in [4.78, 5) is 14.8. The van der Waals surface area contributed by atoms with Crippen LogP contribution in [-0.4, -0.2) is 58.4 Å².